The predicted molar refractivity (Wildman–Crippen MR) is 139 cm³/mol. The summed E-state index contributed by atoms with van der Waals surface area (Å²) in [6.07, 6.45) is 2.99. The highest BCUT2D eigenvalue weighted by Gasteiger charge is 2.32. The monoisotopic (exact) mass is 592 g/mol. The molecule has 2 N–H and O–H groups in total. The molecule has 34 heavy (non-hydrogen) atoms. The highest BCUT2D eigenvalue weighted by Crippen LogP contribution is 2.36. The molecule has 1 heterocycles. The molecular weight excluding hydrogens is 571 g/mol. The summed E-state index contributed by atoms with van der Waals surface area (Å²) in [5.74, 6) is -1.21. The fourth-order valence-corrected chi connectivity index (χ4v) is 4.21. The van der Waals surface area contributed by atoms with Crippen molar-refractivity contribution in [1.29, 1.82) is 0 Å². The number of hydrogen-bond acceptors (Lipinski definition) is 6. The first kappa shape index (κ1) is 25.4. The van der Waals surface area contributed by atoms with E-state index in [0.717, 1.165) is 0 Å². The van der Waals surface area contributed by atoms with E-state index in [1.165, 1.54) is 23.1 Å². The Balaban J connectivity index is 1.91. The van der Waals surface area contributed by atoms with Crippen molar-refractivity contribution in [2.45, 2.75) is 13.5 Å². The number of aromatic carboxylic acids is 1. The third-order valence-electron chi connectivity index (χ3n) is 4.70. The van der Waals surface area contributed by atoms with Gasteiger partial charge in [-0.1, -0.05) is 18.2 Å². The number of rotatable bonds is 9. The van der Waals surface area contributed by atoms with Crippen molar-refractivity contribution in [1.82, 2.24) is 10.2 Å². The molecule has 2 aromatic rings. The van der Waals surface area contributed by atoms with Gasteiger partial charge in [-0.05, 0) is 83.2 Å². The van der Waals surface area contributed by atoms with Gasteiger partial charge in [0.1, 0.15) is 12.2 Å². The number of carbonyl (C=O) groups is 3. The molecule has 1 saturated heterocycles. The normalized spacial score (nSPS) is 14.7. The van der Waals surface area contributed by atoms with Crippen molar-refractivity contribution < 1.29 is 29.0 Å². The number of carbonyl (C=O) groups excluding carboxylic acids is 2. The zero-order valence-corrected chi connectivity index (χ0v) is 21.1. The number of carboxylic acids is 1. The molecule has 1 aliphatic heterocycles. The maximum Gasteiger partial charge on any atom is 0.335 e. The molecule has 0 saturated carbocycles. The molecule has 2 amide bonds. The summed E-state index contributed by atoms with van der Waals surface area (Å²) < 4.78 is 12.4. The SMILES string of the molecule is C=CCN1C(=O)/C(=C/c2cc(I)c(OCc3cccc(C(=O)O)c3)c(OCC)c2)C(=O)NC1=S. The fraction of sp³-hybridized carbons (Fsp3) is 0.167. The second-order valence-electron chi connectivity index (χ2n) is 7.08. The molecule has 1 fully saturated rings. The van der Waals surface area contributed by atoms with Crippen molar-refractivity contribution in [2.24, 2.45) is 0 Å². The Morgan fingerprint density at radius 3 is 2.71 bits per heavy atom. The van der Waals surface area contributed by atoms with Crippen LogP contribution in [0.2, 0.25) is 0 Å². The third kappa shape index (κ3) is 5.81. The van der Waals surface area contributed by atoms with Crippen molar-refractivity contribution in [3.8, 4) is 11.5 Å². The first-order valence-corrected chi connectivity index (χ1v) is 11.6. The van der Waals surface area contributed by atoms with E-state index in [1.807, 2.05) is 6.92 Å². The minimum absolute atomic E-state index is 0.0346. The number of benzene rings is 2. The van der Waals surface area contributed by atoms with Gasteiger partial charge >= 0.3 is 5.97 Å². The maximum absolute atomic E-state index is 12.8. The number of nitrogens with zero attached hydrogens (tertiary/aromatic N) is 1. The van der Waals surface area contributed by atoms with E-state index in [-0.39, 0.29) is 29.4 Å². The highest BCUT2D eigenvalue weighted by molar-refractivity contribution is 14.1. The van der Waals surface area contributed by atoms with Gasteiger partial charge in [-0.3, -0.25) is 19.8 Å². The lowest BCUT2D eigenvalue weighted by molar-refractivity contribution is -0.128. The van der Waals surface area contributed by atoms with Crippen LogP contribution in [-0.4, -0.2) is 46.1 Å². The summed E-state index contributed by atoms with van der Waals surface area (Å²) in [7, 11) is 0. The average molecular weight is 592 g/mol. The van der Waals surface area contributed by atoms with E-state index in [1.54, 1.807) is 30.3 Å². The molecule has 3 rings (SSSR count). The zero-order valence-electron chi connectivity index (χ0n) is 18.2. The topological polar surface area (TPSA) is 105 Å². The van der Waals surface area contributed by atoms with Crippen LogP contribution in [0.15, 0.2) is 54.6 Å². The Kier molecular flexibility index (Phi) is 8.40. The summed E-state index contributed by atoms with van der Waals surface area (Å²) >= 11 is 7.16. The number of amides is 2. The van der Waals surface area contributed by atoms with Crippen LogP contribution in [0, 0.1) is 3.57 Å². The van der Waals surface area contributed by atoms with Gasteiger partial charge in [0.25, 0.3) is 11.8 Å². The molecule has 0 spiro atoms. The molecule has 0 radical (unpaired) electrons. The van der Waals surface area contributed by atoms with Crippen molar-refractivity contribution in [2.75, 3.05) is 13.2 Å². The first-order chi connectivity index (χ1) is 16.2. The van der Waals surface area contributed by atoms with Crippen LogP contribution in [0.5, 0.6) is 11.5 Å². The molecule has 0 atom stereocenters. The molecule has 0 bridgehead atoms. The number of hydrogen-bond donors (Lipinski definition) is 2. The summed E-state index contributed by atoms with van der Waals surface area (Å²) in [5.41, 5.74) is 1.36. The largest absolute Gasteiger partial charge is 0.490 e. The summed E-state index contributed by atoms with van der Waals surface area (Å²) in [5, 5.41) is 11.7. The van der Waals surface area contributed by atoms with Gasteiger partial charge in [0.05, 0.1) is 15.7 Å². The van der Waals surface area contributed by atoms with Crippen LogP contribution in [-0.2, 0) is 16.2 Å². The van der Waals surface area contributed by atoms with Crippen LogP contribution in [0.4, 0.5) is 0 Å². The first-order valence-electron chi connectivity index (χ1n) is 10.2. The van der Waals surface area contributed by atoms with Crippen LogP contribution >= 0.6 is 34.8 Å². The summed E-state index contributed by atoms with van der Waals surface area (Å²) in [6, 6.07) is 9.90. The minimum atomic E-state index is -1.02. The molecule has 10 heteroatoms. The molecule has 8 nitrogen and oxygen atoms in total. The van der Waals surface area contributed by atoms with Crippen LogP contribution in [0.25, 0.3) is 6.08 Å². The third-order valence-corrected chi connectivity index (χ3v) is 5.82. The van der Waals surface area contributed by atoms with Crippen LogP contribution < -0.4 is 14.8 Å². The van der Waals surface area contributed by atoms with Gasteiger partial charge in [0.15, 0.2) is 16.6 Å². The number of ether oxygens (including phenoxy) is 2. The number of nitrogens with one attached hydrogen (secondary N) is 1. The Morgan fingerprint density at radius 1 is 1.26 bits per heavy atom. The summed E-state index contributed by atoms with van der Waals surface area (Å²) in [6.45, 7) is 6.10. The smallest absolute Gasteiger partial charge is 0.335 e. The molecule has 0 aromatic heterocycles. The van der Waals surface area contributed by atoms with E-state index >= 15 is 0 Å². The second kappa shape index (κ2) is 11.3. The van der Waals surface area contributed by atoms with Gasteiger partial charge in [-0.25, -0.2) is 4.79 Å². The van der Waals surface area contributed by atoms with Crippen molar-refractivity contribution in [3.63, 3.8) is 0 Å². The molecule has 176 valence electrons. The summed E-state index contributed by atoms with van der Waals surface area (Å²) in [4.78, 5) is 37.7. The lowest BCUT2D eigenvalue weighted by Crippen LogP contribution is -2.53. The highest BCUT2D eigenvalue weighted by atomic mass is 127. The molecule has 1 aliphatic rings. The molecule has 0 unspecified atom stereocenters. The quantitative estimate of drug-likeness (QED) is 0.150. The van der Waals surface area contributed by atoms with Crippen molar-refractivity contribution in [3.05, 3.63) is 74.9 Å². The predicted octanol–water partition coefficient (Wildman–Crippen LogP) is 3.78. The van der Waals surface area contributed by atoms with Crippen LogP contribution in [0.1, 0.15) is 28.4 Å². The van der Waals surface area contributed by atoms with Gasteiger partial charge < -0.3 is 14.6 Å². The standard InChI is InChI=1S/C24H21IN2O6S/c1-3-8-27-22(29)17(21(28)26-24(27)34)10-15-11-18(25)20(19(12-15)32-4-2)33-13-14-6-5-7-16(9-14)23(30)31/h3,5-7,9-12H,1,4,8,13H2,2H3,(H,30,31)(H,26,28,34)/b17-10+. The number of carboxylic acid groups (broad SMARTS) is 1. The van der Waals surface area contributed by atoms with Gasteiger partial charge in [-0.15, -0.1) is 6.58 Å². The number of halogens is 1. The zero-order chi connectivity index (χ0) is 24.8. The van der Waals surface area contributed by atoms with E-state index in [4.69, 9.17) is 21.7 Å². The average Bonchev–Trinajstić information content (AvgIpc) is 2.79. The fourth-order valence-electron chi connectivity index (χ4n) is 3.18. The molecule has 2 aromatic carbocycles. The van der Waals surface area contributed by atoms with Gasteiger partial charge in [0.2, 0.25) is 0 Å². The Morgan fingerprint density at radius 2 is 2.03 bits per heavy atom. The van der Waals surface area contributed by atoms with Crippen LogP contribution in [0.3, 0.4) is 0 Å². The Labute approximate surface area is 215 Å². The Hall–Kier alpha value is -3.25. The number of thiocarbonyl (C=S) groups is 1. The Bertz CT molecular complexity index is 1210. The van der Waals surface area contributed by atoms with E-state index < -0.39 is 17.8 Å². The van der Waals surface area contributed by atoms with Gasteiger partial charge in [0, 0.05) is 6.54 Å². The minimum Gasteiger partial charge on any atom is -0.490 e. The van der Waals surface area contributed by atoms with Crippen molar-refractivity contribution >= 4 is 63.8 Å². The molecular formula is C24H21IN2O6S. The molecule has 0 aliphatic carbocycles. The second-order valence-corrected chi connectivity index (χ2v) is 8.63. The maximum atomic E-state index is 12.8. The lowest BCUT2D eigenvalue weighted by Gasteiger charge is -2.27. The van der Waals surface area contributed by atoms with E-state index in [0.29, 0.717) is 32.8 Å². The van der Waals surface area contributed by atoms with E-state index in [9.17, 15) is 19.5 Å². The lowest BCUT2D eigenvalue weighted by atomic mass is 10.1. The van der Waals surface area contributed by atoms with Gasteiger partial charge in [-0.2, -0.15) is 0 Å². The van der Waals surface area contributed by atoms with E-state index in [2.05, 4.69) is 34.5 Å².